The number of rotatable bonds is 10. The molecule has 10 heteroatoms. The minimum atomic E-state index is -1.97. The molecule has 1 rings (SSSR count). The van der Waals surface area contributed by atoms with E-state index < -0.39 is 45.2 Å². The molecule has 1 fully saturated rings. The third-order valence-electron chi connectivity index (χ3n) is 3.83. The van der Waals surface area contributed by atoms with E-state index in [9.17, 15) is 5.11 Å². The van der Waals surface area contributed by atoms with Crippen LogP contribution < -0.4 is 0 Å². The van der Waals surface area contributed by atoms with Crippen LogP contribution in [0.4, 0.5) is 0 Å². The topological polar surface area (TPSA) is 66.4 Å². The maximum atomic E-state index is 11.5. The molecular weight excluding hydrogens is 425 g/mol. The van der Waals surface area contributed by atoms with Gasteiger partial charge in [-0.25, -0.2) is 0 Å². The highest BCUT2D eigenvalue weighted by Crippen LogP contribution is 2.38. The van der Waals surface area contributed by atoms with Gasteiger partial charge in [0.1, 0.15) is 18.3 Å². The van der Waals surface area contributed by atoms with E-state index in [0.29, 0.717) is 6.61 Å². The van der Waals surface area contributed by atoms with Crippen molar-refractivity contribution in [3.63, 3.8) is 0 Å². The lowest BCUT2D eigenvalue weighted by atomic mass is 10.1. The molecule has 0 bridgehead atoms. The molecule has 1 aliphatic rings. The fraction of sp³-hybridized carbons (Fsp3) is 1.00. The molecule has 0 aliphatic carbocycles. The highest BCUT2D eigenvalue weighted by atomic mass is 28.4. The monoisotopic (exact) mass is 468 g/mol. The molecule has 0 aromatic rings. The molecule has 28 heavy (non-hydrogen) atoms. The summed E-state index contributed by atoms with van der Waals surface area (Å²) in [5.41, 5.74) is 0. The normalized spacial score (nSPS) is 30.1. The SMILES string of the molecule is C[Si](C)(C)OC[C@H]1O[C@@](O)(CO[Si](C)(C)C)[C@@H](O[Si](C)(C)C)[C@H]1O[Si](C)(C)C. The van der Waals surface area contributed by atoms with Gasteiger partial charge < -0.3 is 27.5 Å². The van der Waals surface area contributed by atoms with E-state index in [1.165, 1.54) is 0 Å². The molecule has 0 amide bonds. The van der Waals surface area contributed by atoms with Crippen LogP contribution in [0.5, 0.6) is 0 Å². The Balaban J connectivity index is 3.21. The first kappa shape index (κ1) is 26.7. The van der Waals surface area contributed by atoms with E-state index in [4.69, 9.17) is 22.4 Å². The van der Waals surface area contributed by atoms with E-state index in [2.05, 4.69) is 78.6 Å². The van der Waals surface area contributed by atoms with Crippen molar-refractivity contribution in [1.82, 2.24) is 0 Å². The molecule has 0 saturated carbocycles. The van der Waals surface area contributed by atoms with Crippen LogP contribution in [0.15, 0.2) is 0 Å². The third-order valence-corrected chi connectivity index (χ3v) is 7.81. The van der Waals surface area contributed by atoms with Gasteiger partial charge in [0.25, 0.3) is 0 Å². The minimum absolute atomic E-state index is 0.0902. The predicted molar refractivity (Wildman–Crippen MR) is 125 cm³/mol. The lowest BCUT2D eigenvalue weighted by molar-refractivity contribution is -0.241. The Morgan fingerprint density at radius 3 is 1.57 bits per heavy atom. The molecule has 1 saturated heterocycles. The summed E-state index contributed by atoms with van der Waals surface area (Å²) in [6.07, 6.45) is -1.34. The smallest absolute Gasteiger partial charge is 0.217 e. The van der Waals surface area contributed by atoms with Crippen LogP contribution in [-0.4, -0.2) is 75.7 Å². The summed E-state index contributed by atoms with van der Waals surface area (Å²) in [6.45, 7) is 26.0. The Bertz CT molecular complexity index is 506. The summed E-state index contributed by atoms with van der Waals surface area (Å²) in [6, 6.07) is 0. The molecule has 1 aliphatic heterocycles. The van der Waals surface area contributed by atoms with Crippen LogP contribution >= 0.6 is 0 Å². The Hall–Kier alpha value is 0.628. The van der Waals surface area contributed by atoms with Gasteiger partial charge in [0.05, 0.1) is 13.2 Å². The lowest BCUT2D eigenvalue weighted by Gasteiger charge is -2.37. The summed E-state index contributed by atoms with van der Waals surface area (Å²) in [5, 5.41) is 11.5. The standard InChI is InChI=1S/C18H44O6Si4/c1-25(2,3)20-13-15-16(23-27(7,8)9)17(24-28(10,11)12)18(19,22-15)14-21-26(4,5)6/h15-17,19H,13-14H2,1-12H3/t15-,16+,17+,18+/m1/s1. The van der Waals surface area contributed by atoms with E-state index in [1.807, 2.05) is 0 Å². The van der Waals surface area contributed by atoms with Gasteiger partial charge in [-0.3, -0.25) is 0 Å². The number of aliphatic hydroxyl groups is 1. The Morgan fingerprint density at radius 1 is 0.714 bits per heavy atom. The zero-order valence-electron chi connectivity index (χ0n) is 20.1. The van der Waals surface area contributed by atoms with Crippen molar-refractivity contribution in [2.75, 3.05) is 13.2 Å². The Labute approximate surface area is 176 Å². The third kappa shape index (κ3) is 9.62. The second kappa shape index (κ2) is 9.01. The minimum Gasteiger partial charge on any atom is -0.415 e. The molecule has 168 valence electrons. The first-order chi connectivity index (χ1) is 12.2. The van der Waals surface area contributed by atoms with Crippen LogP contribution in [0.2, 0.25) is 78.6 Å². The quantitative estimate of drug-likeness (QED) is 0.484. The number of ether oxygens (including phenoxy) is 1. The van der Waals surface area contributed by atoms with Gasteiger partial charge in [-0.15, -0.1) is 0 Å². The van der Waals surface area contributed by atoms with Gasteiger partial charge in [0.2, 0.25) is 5.79 Å². The van der Waals surface area contributed by atoms with Crippen molar-refractivity contribution in [3.05, 3.63) is 0 Å². The summed E-state index contributed by atoms with van der Waals surface area (Å²) in [7, 11) is -7.46. The number of hydrogen-bond donors (Lipinski definition) is 1. The molecule has 6 nitrogen and oxygen atoms in total. The van der Waals surface area contributed by atoms with Crippen LogP contribution in [-0.2, 0) is 22.4 Å². The number of hydrogen-bond acceptors (Lipinski definition) is 6. The average Bonchev–Trinajstić information content (AvgIpc) is 2.64. The fourth-order valence-electron chi connectivity index (χ4n) is 2.83. The molecule has 1 heterocycles. The highest BCUT2D eigenvalue weighted by molar-refractivity contribution is 6.71. The van der Waals surface area contributed by atoms with Crippen LogP contribution in [0.1, 0.15) is 0 Å². The van der Waals surface area contributed by atoms with Crippen LogP contribution in [0.3, 0.4) is 0 Å². The van der Waals surface area contributed by atoms with Gasteiger partial charge in [0, 0.05) is 0 Å². The second-order valence-corrected chi connectivity index (χ2v) is 29.6. The predicted octanol–water partition coefficient (Wildman–Crippen LogP) is 4.22. The Kier molecular flexibility index (Phi) is 8.58. The summed E-state index contributed by atoms with van der Waals surface area (Å²) < 4.78 is 31.4. The van der Waals surface area contributed by atoms with Crippen LogP contribution in [0.25, 0.3) is 0 Å². The van der Waals surface area contributed by atoms with E-state index in [1.54, 1.807) is 0 Å². The van der Waals surface area contributed by atoms with Crippen molar-refractivity contribution in [3.8, 4) is 0 Å². The van der Waals surface area contributed by atoms with Crippen molar-refractivity contribution in [2.45, 2.75) is 103 Å². The van der Waals surface area contributed by atoms with E-state index >= 15 is 0 Å². The summed E-state index contributed by atoms with van der Waals surface area (Å²) in [5.74, 6) is -1.53. The first-order valence-electron chi connectivity index (χ1n) is 10.2. The molecule has 0 spiro atoms. The fourth-order valence-corrected chi connectivity index (χ4v) is 6.31. The summed E-state index contributed by atoms with van der Waals surface area (Å²) in [4.78, 5) is 0. The van der Waals surface area contributed by atoms with Gasteiger partial charge in [-0.05, 0) is 78.6 Å². The molecule has 0 aromatic heterocycles. The lowest BCUT2D eigenvalue weighted by Crippen LogP contribution is -2.55. The van der Waals surface area contributed by atoms with Crippen LogP contribution in [0, 0.1) is 0 Å². The van der Waals surface area contributed by atoms with E-state index in [-0.39, 0.29) is 18.8 Å². The zero-order valence-corrected chi connectivity index (χ0v) is 24.1. The van der Waals surface area contributed by atoms with Crippen molar-refractivity contribution in [1.29, 1.82) is 0 Å². The first-order valence-corrected chi connectivity index (χ1v) is 23.9. The van der Waals surface area contributed by atoms with Gasteiger partial charge in [-0.2, -0.15) is 0 Å². The van der Waals surface area contributed by atoms with Crippen molar-refractivity contribution < 1.29 is 27.5 Å². The highest BCUT2D eigenvalue weighted by Gasteiger charge is 2.58. The summed E-state index contributed by atoms with van der Waals surface area (Å²) >= 11 is 0. The molecule has 0 radical (unpaired) electrons. The average molecular weight is 469 g/mol. The van der Waals surface area contributed by atoms with Crippen molar-refractivity contribution in [2.24, 2.45) is 0 Å². The maximum Gasteiger partial charge on any atom is 0.217 e. The second-order valence-electron chi connectivity index (χ2n) is 11.7. The van der Waals surface area contributed by atoms with E-state index in [0.717, 1.165) is 0 Å². The van der Waals surface area contributed by atoms with Gasteiger partial charge in [0.15, 0.2) is 33.3 Å². The molecular formula is C18H44O6Si4. The molecule has 4 atom stereocenters. The van der Waals surface area contributed by atoms with Gasteiger partial charge in [-0.1, -0.05) is 0 Å². The molecule has 1 N–H and O–H groups in total. The molecule has 0 aromatic carbocycles. The largest absolute Gasteiger partial charge is 0.415 e. The van der Waals surface area contributed by atoms with Gasteiger partial charge >= 0.3 is 0 Å². The van der Waals surface area contributed by atoms with Crippen molar-refractivity contribution >= 4 is 33.3 Å². The maximum absolute atomic E-state index is 11.5. The molecule has 0 unspecified atom stereocenters. The zero-order chi connectivity index (χ0) is 22.2. The Morgan fingerprint density at radius 2 is 1.18 bits per heavy atom.